The number of benzene rings is 1. The minimum absolute atomic E-state index is 0.0223. The van der Waals surface area contributed by atoms with Gasteiger partial charge in [0.1, 0.15) is 82.5 Å². The minimum Gasteiger partial charge on any atom is -0.481 e. The van der Waals surface area contributed by atoms with Crippen molar-refractivity contribution < 1.29 is 67.6 Å². The van der Waals surface area contributed by atoms with Gasteiger partial charge in [0.15, 0.2) is 5.82 Å². The summed E-state index contributed by atoms with van der Waals surface area (Å²) in [7, 11) is 2.90. The molecule has 10 bridgehead atoms. The fraction of sp³-hybridized carbons (Fsp3) is 0.322. The molecule has 9 aromatic rings. The van der Waals surface area contributed by atoms with E-state index in [1.165, 1.54) is 36.3 Å². The summed E-state index contributed by atoms with van der Waals surface area (Å²) in [5, 5.41) is 53.6. The highest BCUT2D eigenvalue weighted by Crippen LogP contribution is 2.41. The number of aryl methyl sites for hydroxylation is 1. The molecule has 1 aromatic carbocycles. The van der Waals surface area contributed by atoms with E-state index in [1.54, 1.807) is 60.1 Å². The molecule has 0 saturated heterocycles. The number of nitrogens with one attached hydrogen (secondary N) is 5. The lowest BCUT2D eigenvalue weighted by atomic mass is 9.87. The van der Waals surface area contributed by atoms with Gasteiger partial charge >= 0.3 is 23.9 Å². The van der Waals surface area contributed by atoms with Gasteiger partial charge in [0.2, 0.25) is 17.7 Å². The molecule has 34 heteroatoms. The van der Waals surface area contributed by atoms with Crippen LogP contribution < -0.4 is 31.5 Å². The van der Waals surface area contributed by atoms with Crippen LogP contribution in [-0.2, 0) is 30.5 Å². The van der Waals surface area contributed by atoms with Crippen LogP contribution in [0.5, 0.6) is 0 Å². The Morgan fingerprint density at radius 2 is 1.43 bits per heavy atom. The third-order valence-corrected chi connectivity index (χ3v) is 20.6. The molecular weight excluding hydrogens is 1320 g/mol. The predicted molar refractivity (Wildman–Crippen MR) is 342 cm³/mol. The molecule has 11 rings (SSSR count). The summed E-state index contributed by atoms with van der Waals surface area (Å²) in [6, 6.07) is 9.05. The molecule has 1 fully saturated rings. The van der Waals surface area contributed by atoms with E-state index in [9.17, 15) is 53.7 Å². The first-order chi connectivity index (χ1) is 44.7. The summed E-state index contributed by atoms with van der Waals surface area (Å²) in [6.07, 6.45) is -1.14. The van der Waals surface area contributed by atoms with Crippen LogP contribution in [0.1, 0.15) is 143 Å². The Hall–Kier alpha value is -9.16. The number of hydrogen-bond donors (Lipinski definition) is 8. The third-order valence-electron chi connectivity index (χ3n) is 14.8. The number of fused-ring (bicyclic) bond motifs is 14. The molecular formula is C59H56N14O14S6. The SMILES string of the molecule is CNC(=O)C[C@@H]1NC(=O)c2csc(n2)-c2ccc(-c3nc(N(C(=O)OC4CCC(C(=O)O)CC4)c4cnc(C(=O)O)o4)cs3)nc2-c2csc(n2)-c2csc(n2)[C@H]([C@@H](O)c2ccccc2)NC(=O)CNC(=O)c2nc(sc2COC)C(C(C)C)NC(=O)c2nc1sc2C. The number of oxazole rings is 1. The number of methoxy groups -OCH3 is 1. The van der Waals surface area contributed by atoms with E-state index in [2.05, 4.69) is 41.5 Å². The van der Waals surface area contributed by atoms with Gasteiger partial charge in [-0.25, -0.2) is 49.5 Å². The molecule has 1 aliphatic heterocycles. The molecule has 0 radical (unpaired) electrons. The second kappa shape index (κ2) is 28.4. The number of anilines is 2. The number of aromatic carboxylic acids is 1. The molecule has 6 amide bonds. The number of hydrogen-bond acceptors (Lipinski definition) is 26. The highest BCUT2D eigenvalue weighted by atomic mass is 32.1. The number of aliphatic hydroxyl groups excluding tert-OH is 1. The molecule has 1 unspecified atom stereocenters. The molecule has 482 valence electrons. The molecule has 93 heavy (non-hydrogen) atoms. The molecule has 2 aliphatic rings. The number of carboxylic acids is 2. The Morgan fingerprint density at radius 1 is 0.720 bits per heavy atom. The lowest BCUT2D eigenvalue weighted by Gasteiger charge is -2.27. The number of thiazole rings is 6. The zero-order valence-corrected chi connectivity index (χ0v) is 54.6. The summed E-state index contributed by atoms with van der Waals surface area (Å²) in [5.41, 5.74) is 2.02. The largest absolute Gasteiger partial charge is 0.481 e. The van der Waals surface area contributed by atoms with E-state index in [0.717, 1.165) is 67.8 Å². The Morgan fingerprint density at radius 3 is 2.15 bits per heavy atom. The lowest BCUT2D eigenvalue weighted by Crippen LogP contribution is -2.40. The number of rotatable bonds is 13. The normalized spacial score (nSPS) is 18.3. The Balaban J connectivity index is 0.985. The topological polar surface area (TPSA) is 395 Å². The first kappa shape index (κ1) is 65.3. The zero-order chi connectivity index (χ0) is 65.8. The van der Waals surface area contributed by atoms with E-state index in [-0.39, 0.29) is 94.8 Å². The van der Waals surface area contributed by atoms with Gasteiger partial charge in [0, 0.05) is 46.1 Å². The Kier molecular flexibility index (Phi) is 19.9. The van der Waals surface area contributed by atoms with Crippen molar-refractivity contribution in [2.45, 2.75) is 89.8 Å². The van der Waals surface area contributed by atoms with Gasteiger partial charge in [-0.05, 0) is 56.2 Å². The highest BCUT2D eigenvalue weighted by molar-refractivity contribution is 7.15. The number of carbonyl (C=O) groups excluding carboxylic acids is 6. The van der Waals surface area contributed by atoms with Gasteiger partial charge in [-0.2, -0.15) is 4.90 Å². The maximum Gasteiger partial charge on any atom is 0.422 e. The van der Waals surface area contributed by atoms with E-state index in [1.807, 2.05) is 13.8 Å². The van der Waals surface area contributed by atoms with Crippen molar-refractivity contribution in [1.29, 1.82) is 0 Å². The second-order valence-electron chi connectivity index (χ2n) is 21.5. The van der Waals surface area contributed by atoms with Crippen LogP contribution in [0.15, 0.2) is 74.6 Å². The van der Waals surface area contributed by atoms with Crippen molar-refractivity contribution in [3.05, 3.63) is 123 Å². The van der Waals surface area contributed by atoms with Crippen LogP contribution in [0.2, 0.25) is 0 Å². The van der Waals surface area contributed by atoms with Crippen molar-refractivity contribution in [2.75, 3.05) is 25.6 Å². The maximum absolute atomic E-state index is 14.4. The van der Waals surface area contributed by atoms with Crippen LogP contribution in [0.4, 0.5) is 16.5 Å². The molecule has 4 atom stereocenters. The number of amides is 6. The smallest absolute Gasteiger partial charge is 0.422 e. The monoisotopic (exact) mass is 1380 g/mol. The fourth-order valence-electron chi connectivity index (χ4n) is 10.1. The van der Waals surface area contributed by atoms with Crippen molar-refractivity contribution in [1.82, 2.24) is 66.5 Å². The van der Waals surface area contributed by atoms with Crippen LogP contribution in [0.3, 0.4) is 0 Å². The second-order valence-corrected chi connectivity index (χ2v) is 27.3. The number of carboxylic acid groups (broad SMARTS) is 2. The van der Waals surface area contributed by atoms with Gasteiger partial charge in [0.25, 0.3) is 17.7 Å². The van der Waals surface area contributed by atoms with Crippen molar-refractivity contribution in [2.24, 2.45) is 11.8 Å². The number of aromatic nitrogens is 8. The van der Waals surface area contributed by atoms with Crippen molar-refractivity contribution >= 4 is 127 Å². The van der Waals surface area contributed by atoms with Crippen LogP contribution in [0.25, 0.3) is 43.4 Å². The molecule has 1 aliphatic carbocycles. The van der Waals surface area contributed by atoms with E-state index in [4.69, 9.17) is 38.8 Å². The molecule has 1 saturated carbocycles. The van der Waals surface area contributed by atoms with Gasteiger partial charge in [0.05, 0.1) is 54.3 Å². The van der Waals surface area contributed by atoms with Crippen molar-refractivity contribution in [3.63, 3.8) is 0 Å². The van der Waals surface area contributed by atoms with E-state index in [0.29, 0.717) is 52.3 Å². The van der Waals surface area contributed by atoms with Crippen molar-refractivity contribution in [3.8, 4) is 43.4 Å². The Bertz CT molecular complexity index is 4300. The first-order valence-electron chi connectivity index (χ1n) is 28.6. The molecule has 8 N–H and O–H groups in total. The summed E-state index contributed by atoms with van der Waals surface area (Å²) in [4.78, 5) is 147. The average Bonchev–Trinajstić information content (AvgIpc) is 1.71. The third kappa shape index (κ3) is 14.6. The summed E-state index contributed by atoms with van der Waals surface area (Å²) < 4.78 is 16.8. The summed E-state index contributed by atoms with van der Waals surface area (Å²) in [5.74, 6) is -7.47. The average molecular weight is 1380 g/mol. The van der Waals surface area contributed by atoms with Gasteiger partial charge in [-0.1, -0.05) is 44.2 Å². The minimum atomic E-state index is -1.50. The van der Waals surface area contributed by atoms with E-state index < -0.39 is 96.3 Å². The molecule has 9 heterocycles. The Labute approximate surface area is 552 Å². The standard InChI is InChI=1S/C59H56N14O14S6/c1-25(2)41-56-72-44(36(93-56)20-85-5)48(78)61-18-39(75)69-45(46(76)27-9-7-6-8-10-27)55-67-35(23-90-55)53-65-33(21-89-53)43-30(51-66-34(22-88-51)47(77)64-32(17-38(74)60-4)54-71-42(26(3)92-54)49(79)70-41)15-16-31(63-43)52-68-37(24-91-52)73(40-19-62-50(87-40)58(82)83)59(84)86-29-13-11-28(12-14-29)57(80)81/h6-10,15-16,19,21-25,28-29,32,41,45-46,76H,11-14,17-18,20H2,1-5H3,(H,60,74)(H,61,78)(H,64,77)(H,69,75)(H,70,79)(H,80,81)(H,82,83)/t28?,29?,32-,41?,45-,46-/m0/s1. The van der Waals surface area contributed by atoms with Gasteiger partial charge in [-0.15, -0.1) is 68.0 Å². The number of ether oxygens (including phenoxy) is 2. The van der Waals surface area contributed by atoms with Gasteiger partial charge in [-0.3, -0.25) is 28.8 Å². The highest BCUT2D eigenvalue weighted by Gasteiger charge is 2.36. The quantitative estimate of drug-likeness (QED) is 0.0533. The van der Waals surface area contributed by atoms with Gasteiger partial charge < -0.3 is 55.8 Å². The lowest BCUT2D eigenvalue weighted by molar-refractivity contribution is -0.143. The molecule has 0 spiro atoms. The zero-order valence-electron chi connectivity index (χ0n) is 49.7. The number of carbonyl (C=O) groups is 8. The number of nitrogens with zero attached hydrogens (tertiary/aromatic N) is 9. The molecule has 28 nitrogen and oxygen atoms in total. The number of aliphatic carboxylic acids is 1. The fourth-order valence-corrected chi connectivity index (χ4v) is 15.6. The van der Waals surface area contributed by atoms with Crippen LogP contribution in [0, 0.1) is 18.8 Å². The maximum atomic E-state index is 14.4. The first-order valence-corrected chi connectivity index (χ1v) is 33.7. The number of pyridine rings is 1. The predicted octanol–water partition coefficient (Wildman–Crippen LogP) is 8.92. The molecule has 8 aromatic heterocycles. The van der Waals surface area contributed by atoms with Crippen LogP contribution in [-0.4, -0.2) is 130 Å². The number of aliphatic hydroxyl groups is 1. The van der Waals surface area contributed by atoms with Crippen LogP contribution >= 0.6 is 68.0 Å². The summed E-state index contributed by atoms with van der Waals surface area (Å²) in [6.45, 7) is 4.84. The summed E-state index contributed by atoms with van der Waals surface area (Å²) >= 11 is 6.78. The van der Waals surface area contributed by atoms with E-state index >= 15 is 0 Å².